The van der Waals surface area contributed by atoms with Crippen LogP contribution in [-0.2, 0) is 17.9 Å². The summed E-state index contributed by atoms with van der Waals surface area (Å²) in [7, 11) is 1.64. The van der Waals surface area contributed by atoms with Gasteiger partial charge in [0.15, 0.2) is 17.3 Å². The number of imidazole rings is 2. The van der Waals surface area contributed by atoms with Gasteiger partial charge in [0.25, 0.3) is 0 Å². The first kappa shape index (κ1) is 22.0. The van der Waals surface area contributed by atoms with Crippen LogP contribution in [0, 0.1) is 0 Å². The maximum absolute atomic E-state index is 12.1. The molecular formula is C26H26N8O2. The van der Waals surface area contributed by atoms with Crippen LogP contribution in [0.4, 0.5) is 5.82 Å². The number of nitrogens with one attached hydrogen (secondary N) is 2. The number of methoxy groups -OCH3 is 1. The molecule has 0 saturated carbocycles. The maximum atomic E-state index is 12.1. The number of likely N-dealkylation sites (tertiary alicyclic amines) is 1. The van der Waals surface area contributed by atoms with E-state index in [-0.39, 0.29) is 5.91 Å². The van der Waals surface area contributed by atoms with Crippen molar-refractivity contribution < 1.29 is 9.53 Å². The molecule has 0 bridgehead atoms. The van der Waals surface area contributed by atoms with Crippen molar-refractivity contribution >= 4 is 33.9 Å². The van der Waals surface area contributed by atoms with E-state index in [4.69, 9.17) is 14.7 Å². The van der Waals surface area contributed by atoms with Crippen LogP contribution >= 0.6 is 0 Å². The first-order valence-corrected chi connectivity index (χ1v) is 12.0. The van der Waals surface area contributed by atoms with Crippen LogP contribution in [0.1, 0.15) is 18.7 Å². The van der Waals surface area contributed by atoms with E-state index in [2.05, 4.69) is 20.3 Å². The topological polar surface area (TPSA) is 114 Å². The van der Waals surface area contributed by atoms with E-state index in [0.29, 0.717) is 43.2 Å². The SMILES string of the molecule is COc1ccc(-c2nc(NCc3nc4ccccc4[nH]3)c3ncn(CCN4CCCC4=O)c3n2)cc1. The van der Waals surface area contributed by atoms with Gasteiger partial charge in [-0.1, -0.05) is 12.1 Å². The van der Waals surface area contributed by atoms with Crippen LogP contribution in [0.15, 0.2) is 54.9 Å². The van der Waals surface area contributed by atoms with Gasteiger partial charge in [-0.05, 0) is 42.8 Å². The molecule has 1 aliphatic heterocycles. The lowest BCUT2D eigenvalue weighted by molar-refractivity contribution is -0.127. The van der Waals surface area contributed by atoms with Gasteiger partial charge < -0.3 is 24.5 Å². The van der Waals surface area contributed by atoms with Gasteiger partial charge in [-0.25, -0.2) is 19.9 Å². The van der Waals surface area contributed by atoms with Gasteiger partial charge in [-0.15, -0.1) is 0 Å². The number of rotatable bonds is 8. The van der Waals surface area contributed by atoms with Crippen LogP contribution in [-0.4, -0.2) is 60.5 Å². The van der Waals surface area contributed by atoms with Gasteiger partial charge in [0.1, 0.15) is 17.1 Å². The number of carbonyl (C=O) groups is 1. The lowest BCUT2D eigenvalue weighted by atomic mass is 10.2. The highest BCUT2D eigenvalue weighted by molar-refractivity contribution is 5.85. The fourth-order valence-corrected chi connectivity index (χ4v) is 4.53. The predicted molar refractivity (Wildman–Crippen MR) is 137 cm³/mol. The molecule has 0 aliphatic carbocycles. The third kappa shape index (κ3) is 4.21. The molecule has 6 rings (SSSR count). The van der Waals surface area contributed by atoms with E-state index in [1.807, 2.05) is 58.0 Å². The van der Waals surface area contributed by atoms with Crippen LogP contribution in [0.2, 0.25) is 0 Å². The van der Waals surface area contributed by atoms with Crippen LogP contribution in [0.3, 0.4) is 0 Å². The number of hydrogen-bond acceptors (Lipinski definition) is 7. The number of para-hydroxylation sites is 2. The molecule has 0 radical (unpaired) electrons. The second-order valence-electron chi connectivity index (χ2n) is 8.77. The first-order valence-electron chi connectivity index (χ1n) is 12.0. The summed E-state index contributed by atoms with van der Waals surface area (Å²) in [6.07, 6.45) is 3.32. The highest BCUT2D eigenvalue weighted by Gasteiger charge is 2.21. The Labute approximate surface area is 207 Å². The molecule has 182 valence electrons. The molecule has 0 atom stereocenters. The minimum atomic E-state index is 0.209. The molecule has 36 heavy (non-hydrogen) atoms. The Morgan fingerprint density at radius 3 is 2.69 bits per heavy atom. The van der Waals surface area contributed by atoms with Crippen molar-refractivity contribution in [3.05, 3.63) is 60.7 Å². The number of anilines is 1. The summed E-state index contributed by atoms with van der Waals surface area (Å²) in [6, 6.07) is 15.6. The van der Waals surface area contributed by atoms with Crippen molar-refractivity contribution in [3.63, 3.8) is 0 Å². The summed E-state index contributed by atoms with van der Waals surface area (Å²) in [6.45, 7) is 2.51. The second kappa shape index (κ2) is 9.29. The van der Waals surface area contributed by atoms with Crippen molar-refractivity contribution in [2.24, 2.45) is 0 Å². The highest BCUT2D eigenvalue weighted by Crippen LogP contribution is 2.26. The van der Waals surface area contributed by atoms with Crippen molar-refractivity contribution in [2.45, 2.75) is 25.9 Å². The molecule has 1 amide bonds. The third-order valence-electron chi connectivity index (χ3n) is 6.46. The van der Waals surface area contributed by atoms with Crippen molar-refractivity contribution in [3.8, 4) is 17.1 Å². The fraction of sp³-hybridized carbons (Fsp3) is 0.269. The minimum absolute atomic E-state index is 0.209. The summed E-state index contributed by atoms with van der Waals surface area (Å²) >= 11 is 0. The standard InChI is InChI=1S/C26H26N8O2/c1-36-18-10-8-17(9-11-18)24-31-25(27-15-21-29-19-5-2-3-6-20(19)30-21)23-26(32-24)34(16-28-23)14-13-33-12-4-7-22(33)35/h2-3,5-6,8-11,16H,4,7,12-15H2,1H3,(H,29,30)(H,27,31,32). The van der Waals surface area contributed by atoms with Crippen LogP contribution < -0.4 is 10.1 Å². The second-order valence-corrected chi connectivity index (χ2v) is 8.77. The van der Waals surface area contributed by atoms with Gasteiger partial charge in [0.05, 0.1) is 31.0 Å². The number of aromatic amines is 1. The third-order valence-corrected chi connectivity index (χ3v) is 6.46. The molecule has 2 N–H and O–H groups in total. The molecule has 3 aromatic heterocycles. The van der Waals surface area contributed by atoms with Crippen molar-refractivity contribution in [1.29, 1.82) is 0 Å². The molecule has 1 aliphatic rings. The number of nitrogens with zero attached hydrogens (tertiary/aromatic N) is 6. The Morgan fingerprint density at radius 1 is 1.06 bits per heavy atom. The molecule has 0 unspecified atom stereocenters. The van der Waals surface area contributed by atoms with Gasteiger partial charge in [-0.2, -0.15) is 0 Å². The summed E-state index contributed by atoms with van der Waals surface area (Å²) in [5, 5.41) is 3.41. The summed E-state index contributed by atoms with van der Waals surface area (Å²) in [5.74, 6) is 2.99. The largest absolute Gasteiger partial charge is 0.497 e. The number of aromatic nitrogens is 6. The number of hydrogen-bond donors (Lipinski definition) is 2. The van der Waals surface area contributed by atoms with Gasteiger partial charge in [0, 0.05) is 31.6 Å². The smallest absolute Gasteiger partial charge is 0.222 e. The Morgan fingerprint density at radius 2 is 1.92 bits per heavy atom. The Bertz CT molecular complexity index is 1510. The summed E-state index contributed by atoms with van der Waals surface area (Å²) < 4.78 is 7.29. The van der Waals surface area contributed by atoms with Crippen LogP contribution in [0.5, 0.6) is 5.75 Å². The van der Waals surface area contributed by atoms with Gasteiger partial charge in [0.2, 0.25) is 5.91 Å². The quantitative estimate of drug-likeness (QED) is 0.347. The van der Waals surface area contributed by atoms with E-state index in [9.17, 15) is 4.79 Å². The minimum Gasteiger partial charge on any atom is -0.497 e. The Hall–Kier alpha value is -4.47. The summed E-state index contributed by atoms with van der Waals surface area (Å²) in [5.41, 5.74) is 4.17. The first-order chi connectivity index (χ1) is 17.7. The van der Waals surface area contributed by atoms with E-state index < -0.39 is 0 Å². The molecule has 2 aromatic carbocycles. The van der Waals surface area contributed by atoms with E-state index in [0.717, 1.165) is 46.8 Å². The van der Waals surface area contributed by atoms with Crippen molar-refractivity contribution in [2.75, 3.05) is 25.5 Å². The monoisotopic (exact) mass is 482 g/mol. The Kier molecular flexibility index (Phi) is 5.68. The predicted octanol–water partition coefficient (Wildman–Crippen LogP) is 3.61. The number of amides is 1. The average molecular weight is 483 g/mol. The van der Waals surface area contributed by atoms with Gasteiger partial charge >= 0.3 is 0 Å². The molecule has 5 aromatic rings. The molecular weight excluding hydrogens is 456 g/mol. The zero-order chi connectivity index (χ0) is 24.5. The average Bonchev–Trinajstić information content (AvgIpc) is 3.63. The van der Waals surface area contributed by atoms with Gasteiger partial charge in [-0.3, -0.25) is 4.79 Å². The Balaban J connectivity index is 1.34. The zero-order valence-corrected chi connectivity index (χ0v) is 19.9. The lowest BCUT2D eigenvalue weighted by Crippen LogP contribution is -2.28. The molecule has 1 saturated heterocycles. The molecule has 10 heteroatoms. The maximum Gasteiger partial charge on any atom is 0.222 e. The van der Waals surface area contributed by atoms with E-state index in [1.165, 1.54) is 0 Å². The highest BCUT2D eigenvalue weighted by atomic mass is 16.5. The number of H-pyrrole nitrogens is 1. The van der Waals surface area contributed by atoms with E-state index in [1.54, 1.807) is 13.4 Å². The van der Waals surface area contributed by atoms with E-state index >= 15 is 0 Å². The van der Waals surface area contributed by atoms with Crippen LogP contribution in [0.25, 0.3) is 33.6 Å². The number of fused-ring (bicyclic) bond motifs is 2. The molecule has 4 heterocycles. The molecule has 10 nitrogen and oxygen atoms in total. The molecule has 0 spiro atoms. The molecule has 1 fully saturated rings. The van der Waals surface area contributed by atoms with Crippen molar-refractivity contribution in [1.82, 2.24) is 34.4 Å². The number of benzene rings is 2. The normalized spacial score (nSPS) is 13.7. The number of carbonyl (C=O) groups excluding carboxylic acids is 1. The number of ether oxygens (including phenoxy) is 1. The lowest BCUT2D eigenvalue weighted by Gasteiger charge is -2.16. The zero-order valence-electron chi connectivity index (χ0n) is 19.9. The fourth-order valence-electron chi connectivity index (χ4n) is 4.53. The summed E-state index contributed by atoms with van der Waals surface area (Å²) in [4.78, 5) is 36.3.